The summed E-state index contributed by atoms with van der Waals surface area (Å²) in [5, 5.41) is 13.6. The largest absolute Gasteiger partial charge is 0.396 e. The fourth-order valence-electron chi connectivity index (χ4n) is 4.11. The standard InChI is InChI=1S/C21H31N3O2/c1-14-6-7-15(2)21-20(14)18(16(3)23-21)11-19(26)22-8-10-24-9-4-5-17(12-24)13-25/h6-7,17,23,25H,4-5,8-13H2,1-3H3,(H,22,26)/t17-/m0/s1. The third-order valence-corrected chi connectivity index (χ3v) is 5.64. The highest BCUT2D eigenvalue weighted by Crippen LogP contribution is 2.28. The van der Waals surface area contributed by atoms with Gasteiger partial charge in [-0.15, -0.1) is 0 Å². The lowest BCUT2D eigenvalue weighted by Crippen LogP contribution is -2.41. The average molecular weight is 357 g/mol. The number of carbonyl (C=O) groups is 1. The minimum absolute atomic E-state index is 0.0747. The maximum atomic E-state index is 12.5. The predicted molar refractivity (Wildman–Crippen MR) is 105 cm³/mol. The first-order valence-electron chi connectivity index (χ1n) is 9.67. The van der Waals surface area contributed by atoms with E-state index in [2.05, 4.69) is 41.2 Å². The van der Waals surface area contributed by atoms with Gasteiger partial charge in [0, 0.05) is 42.8 Å². The summed E-state index contributed by atoms with van der Waals surface area (Å²) in [5.41, 5.74) is 5.75. The summed E-state index contributed by atoms with van der Waals surface area (Å²) < 4.78 is 0. The van der Waals surface area contributed by atoms with Gasteiger partial charge in [-0.2, -0.15) is 0 Å². The molecule has 1 saturated heterocycles. The number of aliphatic hydroxyl groups excluding tert-OH is 1. The van der Waals surface area contributed by atoms with Crippen molar-refractivity contribution in [2.45, 2.75) is 40.0 Å². The van der Waals surface area contributed by atoms with Crippen molar-refractivity contribution in [2.24, 2.45) is 5.92 Å². The zero-order chi connectivity index (χ0) is 18.7. The molecule has 0 aliphatic carbocycles. The first-order valence-corrected chi connectivity index (χ1v) is 9.67. The van der Waals surface area contributed by atoms with Gasteiger partial charge < -0.3 is 20.3 Å². The SMILES string of the molecule is Cc1[nH]c2c(C)ccc(C)c2c1CC(=O)NCCN1CCC[C@H](CO)C1. The number of amides is 1. The summed E-state index contributed by atoms with van der Waals surface area (Å²) >= 11 is 0. The Hall–Kier alpha value is -1.85. The Morgan fingerprint density at radius 2 is 2.08 bits per heavy atom. The summed E-state index contributed by atoms with van der Waals surface area (Å²) in [6.07, 6.45) is 2.65. The quantitative estimate of drug-likeness (QED) is 0.744. The van der Waals surface area contributed by atoms with Crippen LogP contribution in [0.1, 0.15) is 35.2 Å². The average Bonchev–Trinajstić information content (AvgIpc) is 2.96. The van der Waals surface area contributed by atoms with Crippen LogP contribution in [0, 0.1) is 26.7 Å². The molecule has 5 heteroatoms. The van der Waals surface area contributed by atoms with Crippen molar-refractivity contribution in [2.75, 3.05) is 32.8 Å². The minimum Gasteiger partial charge on any atom is -0.396 e. The maximum Gasteiger partial charge on any atom is 0.224 e. The van der Waals surface area contributed by atoms with Gasteiger partial charge in [-0.3, -0.25) is 4.79 Å². The van der Waals surface area contributed by atoms with Crippen LogP contribution in [0.5, 0.6) is 0 Å². The number of rotatable bonds is 6. The Balaban J connectivity index is 1.58. The molecule has 0 spiro atoms. The first-order chi connectivity index (χ1) is 12.5. The third-order valence-electron chi connectivity index (χ3n) is 5.64. The van der Waals surface area contributed by atoms with Gasteiger partial charge in [-0.1, -0.05) is 12.1 Å². The monoisotopic (exact) mass is 357 g/mol. The van der Waals surface area contributed by atoms with Crippen molar-refractivity contribution in [3.05, 3.63) is 34.5 Å². The summed E-state index contributed by atoms with van der Waals surface area (Å²) in [5.74, 6) is 0.463. The van der Waals surface area contributed by atoms with Crippen LogP contribution in [-0.4, -0.2) is 53.7 Å². The molecule has 1 amide bonds. The van der Waals surface area contributed by atoms with E-state index < -0.39 is 0 Å². The summed E-state index contributed by atoms with van der Waals surface area (Å²) in [6, 6.07) is 4.25. The van der Waals surface area contributed by atoms with E-state index in [1.807, 2.05) is 6.92 Å². The number of aliphatic hydroxyl groups is 1. The third kappa shape index (κ3) is 4.10. The van der Waals surface area contributed by atoms with Gasteiger partial charge >= 0.3 is 0 Å². The smallest absolute Gasteiger partial charge is 0.224 e. The minimum atomic E-state index is 0.0747. The number of carbonyl (C=O) groups excluding carboxylic acids is 1. The lowest BCUT2D eigenvalue weighted by molar-refractivity contribution is -0.120. The van der Waals surface area contributed by atoms with Crippen molar-refractivity contribution >= 4 is 16.8 Å². The van der Waals surface area contributed by atoms with Gasteiger partial charge in [-0.05, 0) is 62.8 Å². The van der Waals surface area contributed by atoms with Crippen LogP contribution in [0.15, 0.2) is 12.1 Å². The Morgan fingerprint density at radius 1 is 1.31 bits per heavy atom. The molecule has 0 saturated carbocycles. The molecule has 2 aromatic rings. The number of piperidine rings is 1. The second-order valence-electron chi connectivity index (χ2n) is 7.70. The lowest BCUT2D eigenvalue weighted by atomic mass is 9.99. The van der Waals surface area contributed by atoms with E-state index in [9.17, 15) is 9.90 Å². The second kappa shape index (κ2) is 8.23. The van der Waals surface area contributed by atoms with Crippen LogP contribution in [0.25, 0.3) is 10.9 Å². The zero-order valence-electron chi connectivity index (χ0n) is 16.2. The number of nitrogens with one attached hydrogen (secondary N) is 2. The van der Waals surface area contributed by atoms with Gasteiger partial charge in [0.1, 0.15) is 0 Å². The maximum absolute atomic E-state index is 12.5. The number of likely N-dealkylation sites (tertiary alicyclic amines) is 1. The molecule has 26 heavy (non-hydrogen) atoms. The highest BCUT2D eigenvalue weighted by atomic mass is 16.3. The molecule has 5 nitrogen and oxygen atoms in total. The summed E-state index contributed by atoms with van der Waals surface area (Å²) in [4.78, 5) is 18.3. The number of hydrogen-bond donors (Lipinski definition) is 3. The molecule has 1 fully saturated rings. The van der Waals surface area contributed by atoms with Gasteiger partial charge in [0.2, 0.25) is 5.91 Å². The normalized spacial score (nSPS) is 18.4. The molecular formula is C21H31N3O2. The Kier molecular flexibility index (Phi) is 5.99. The molecule has 0 radical (unpaired) electrons. The predicted octanol–water partition coefficient (Wildman–Crippen LogP) is 2.46. The van der Waals surface area contributed by atoms with Crippen molar-refractivity contribution in [1.29, 1.82) is 0 Å². The second-order valence-corrected chi connectivity index (χ2v) is 7.70. The van der Waals surface area contributed by atoms with E-state index in [0.29, 0.717) is 18.9 Å². The fraction of sp³-hybridized carbons (Fsp3) is 0.571. The van der Waals surface area contributed by atoms with E-state index in [1.165, 1.54) is 16.5 Å². The van der Waals surface area contributed by atoms with Crippen molar-refractivity contribution in [3.63, 3.8) is 0 Å². The molecular weight excluding hydrogens is 326 g/mol. The number of aryl methyl sites for hydroxylation is 3. The van der Waals surface area contributed by atoms with Crippen LogP contribution in [0.3, 0.4) is 0 Å². The van der Waals surface area contributed by atoms with Crippen LogP contribution < -0.4 is 5.32 Å². The summed E-state index contributed by atoms with van der Waals surface area (Å²) in [7, 11) is 0. The first kappa shape index (κ1) is 18.9. The zero-order valence-corrected chi connectivity index (χ0v) is 16.2. The van der Waals surface area contributed by atoms with Crippen LogP contribution in [0.4, 0.5) is 0 Å². The molecule has 1 aromatic heterocycles. The molecule has 1 aromatic carbocycles. The van der Waals surface area contributed by atoms with E-state index in [1.54, 1.807) is 0 Å². The Labute approximate surface area is 155 Å². The molecule has 0 bridgehead atoms. The van der Waals surface area contributed by atoms with E-state index >= 15 is 0 Å². The van der Waals surface area contributed by atoms with Crippen molar-refractivity contribution in [3.8, 4) is 0 Å². The van der Waals surface area contributed by atoms with Crippen LogP contribution >= 0.6 is 0 Å². The Bertz CT molecular complexity index is 781. The van der Waals surface area contributed by atoms with Gasteiger partial charge in [0.15, 0.2) is 0 Å². The number of nitrogens with zero attached hydrogens (tertiary/aromatic N) is 1. The number of hydrogen-bond acceptors (Lipinski definition) is 3. The summed E-state index contributed by atoms with van der Waals surface area (Å²) in [6.45, 7) is 10.0. The lowest BCUT2D eigenvalue weighted by Gasteiger charge is -2.31. The van der Waals surface area contributed by atoms with Crippen molar-refractivity contribution < 1.29 is 9.90 Å². The van der Waals surface area contributed by atoms with Gasteiger partial charge in [-0.25, -0.2) is 0 Å². The van der Waals surface area contributed by atoms with Gasteiger partial charge in [0.05, 0.1) is 6.42 Å². The number of aromatic nitrogens is 1. The molecule has 1 atom stereocenters. The highest BCUT2D eigenvalue weighted by Gasteiger charge is 2.19. The Morgan fingerprint density at radius 3 is 2.85 bits per heavy atom. The van der Waals surface area contributed by atoms with E-state index in [0.717, 1.165) is 49.2 Å². The van der Waals surface area contributed by atoms with Crippen LogP contribution in [-0.2, 0) is 11.2 Å². The molecule has 142 valence electrons. The number of aromatic amines is 1. The van der Waals surface area contributed by atoms with E-state index in [-0.39, 0.29) is 12.5 Å². The fourth-order valence-corrected chi connectivity index (χ4v) is 4.11. The van der Waals surface area contributed by atoms with Crippen molar-refractivity contribution in [1.82, 2.24) is 15.2 Å². The molecule has 3 rings (SSSR count). The molecule has 2 heterocycles. The molecule has 3 N–H and O–H groups in total. The highest BCUT2D eigenvalue weighted by molar-refractivity contribution is 5.93. The molecule has 0 unspecified atom stereocenters. The van der Waals surface area contributed by atoms with Gasteiger partial charge in [0.25, 0.3) is 0 Å². The van der Waals surface area contributed by atoms with E-state index in [4.69, 9.17) is 0 Å². The van der Waals surface area contributed by atoms with Crippen LogP contribution in [0.2, 0.25) is 0 Å². The number of benzene rings is 1. The molecule has 1 aliphatic rings. The number of fused-ring (bicyclic) bond motifs is 1. The topological polar surface area (TPSA) is 68.4 Å². The molecule has 1 aliphatic heterocycles. The number of H-pyrrole nitrogens is 1.